The predicted octanol–water partition coefficient (Wildman–Crippen LogP) is 4.32. The Morgan fingerprint density at radius 3 is 2.40 bits per heavy atom. The summed E-state index contributed by atoms with van der Waals surface area (Å²) < 4.78 is 1.12. The lowest BCUT2D eigenvalue weighted by molar-refractivity contribution is 0.765. The van der Waals surface area contributed by atoms with Crippen molar-refractivity contribution in [1.29, 1.82) is 0 Å². The number of nitrogens with zero attached hydrogens (tertiary/aromatic N) is 1. The van der Waals surface area contributed by atoms with Crippen LogP contribution in [-0.4, -0.2) is 6.54 Å². The van der Waals surface area contributed by atoms with Gasteiger partial charge in [-0.05, 0) is 45.6 Å². The Morgan fingerprint density at radius 2 is 1.80 bits per heavy atom. The molecule has 3 heteroatoms. The first kappa shape index (κ1) is 15.1. The molecule has 0 bridgehead atoms. The van der Waals surface area contributed by atoms with Crippen LogP contribution in [0, 0.1) is 0 Å². The summed E-state index contributed by atoms with van der Waals surface area (Å²) in [5.74, 6) is 0. The molecule has 0 unspecified atom stereocenters. The maximum Gasteiger partial charge on any atom is 0.0513 e. The molecule has 0 aliphatic heterocycles. The second-order valence-electron chi connectivity index (χ2n) is 4.90. The van der Waals surface area contributed by atoms with Crippen LogP contribution >= 0.6 is 15.9 Å². The van der Waals surface area contributed by atoms with Crippen molar-refractivity contribution in [3.8, 4) is 0 Å². The molecule has 0 aliphatic rings. The van der Waals surface area contributed by atoms with Crippen LogP contribution in [0.5, 0.6) is 0 Å². The first-order valence-corrected chi connectivity index (χ1v) is 7.81. The monoisotopic (exact) mass is 332 g/mol. The zero-order chi connectivity index (χ0) is 14.4. The van der Waals surface area contributed by atoms with Gasteiger partial charge < -0.3 is 10.6 Å². The van der Waals surface area contributed by atoms with E-state index in [-0.39, 0.29) is 0 Å². The molecule has 0 atom stereocenters. The minimum Gasteiger partial charge on any atom is -0.366 e. The minimum absolute atomic E-state index is 0.575. The Kier molecular flexibility index (Phi) is 5.62. The number of anilines is 1. The van der Waals surface area contributed by atoms with Crippen LogP contribution in [0.2, 0.25) is 0 Å². The van der Waals surface area contributed by atoms with Gasteiger partial charge in [-0.2, -0.15) is 0 Å². The molecular weight excluding hydrogens is 312 g/mol. The fourth-order valence-corrected chi connectivity index (χ4v) is 2.97. The van der Waals surface area contributed by atoms with E-state index in [9.17, 15) is 0 Å². The normalized spacial score (nSPS) is 10.6. The highest BCUT2D eigenvalue weighted by atomic mass is 79.9. The number of hydrogen-bond donors (Lipinski definition) is 1. The number of halogens is 1. The van der Waals surface area contributed by atoms with Crippen LogP contribution in [0.15, 0.2) is 53.0 Å². The topological polar surface area (TPSA) is 29.3 Å². The predicted molar refractivity (Wildman–Crippen MR) is 89.8 cm³/mol. The van der Waals surface area contributed by atoms with E-state index in [2.05, 4.69) is 76.3 Å². The highest BCUT2D eigenvalue weighted by Crippen LogP contribution is 2.28. The molecule has 2 aromatic rings. The molecule has 106 valence electrons. The van der Waals surface area contributed by atoms with Gasteiger partial charge >= 0.3 is 0 Å². The van der Waals surface area contributed by atoms with Gasteiger partial charge in [0.25, 0.3) is 0 Å². The average molecular weight is 333 g/mol. The van der Waals surface area contributed by atoms with Crippen LogP contribution < -0.4 is 10.6 Å². The Hall–Kier alpha value is -1.32. The van der Waals surface area contributed by atoms with Crippen LogP contribution in [-0.2, 0) is 13.1 Å². The number of nitrogens with two attached hydrogens (primary N) is 1. The zero-order valence-electron chi connectivity index (χ0n) is 11.8. The standard InChI is InChI=1S/C17H21BrN2/c1-2-10-20(13-14-6-4-3-5-7-14)17-9-8-15(12-19)11-16(17)18/h3-9,11H,2,10,12-13,19H2,1H3. The summed E-state index contributed by atoms with van der Waals surface area (Å²) >= 11 is 3.67. The SMILES string of the molecule is CCCN(Cc1ccccc1)c1ccc(CN)cc1Br. The summed E-state index contributed by atoms with van der Waals surface area (Å²) in [6, 6.07) is 17.0. The van der Waals surface area contributed by atoms with Gasteiger partial charge in [0.05, 0.1) is 5.69 Å². The van der Waals surface area contributed by atoms with E-state index in [0.29, 0.717) is 6.54 Å². The Balaban J connectivity index is 2.24. The van der Waals surface area contributed by atoms with Gasteiger partial charge in [-0.25, -0.2) is 0 Å². The molecule has 0 heterocycles. The maximum atomic E-state index is 5.69. The molecule has 0 saturated heterocycles. The highest BCUT2D eigenvalue weighted by molar-refractivity contribution is 9.10. The van der Waals surface area contributed by atoms with E-state index < -0.39 is 0 Å². The van der Waals surface area contributed by atoms with Crippen molar-refractivity contribution in [2.75, 3.05) is 11.4 Å². The third-order valence-electron chi connectivity index (χ3n) is 3.30. The maximum absolute atomic E-state index is 5.69. The summed E-state index contributed by atoms with van der Waals surface area (Å²) in [5.41, 5.74) is 9.40. The first-order chi connectivity index (χ1) is 9.74. The summed E-state index contributed by atoms with van der Waals surface area (Å²) in [6.45, 7) is 4.75. The summed E-state index contributed by atoms with van der Waals surface area (Å²) in [5, 5.41) is 0. The van der Waals surface area contributed by atoms with Crippen molar-refractivity contribution < 1.29 is 0 Å². The zero-order valence-corrected chi connectivity index (χ0v) is 13.4. The van der Waals surface area contributed by atoms with Gasteiger partial charge in [0.1, 0.15) is 0 Å². The van der Waals surface area contributed by atoms with Crippen molar-refractivity contribution in [2.45, 2.75) is 26.4 Å². The molecule has 0 aliphatic carbocycles. The van der Waals surface area contributed by atoms with E-state index in [1.807, 2.05) is 0 Å². The fourth-order valence-electron chi connectivity index (χ4n) is 2.29. The molecule has 0 radical (unpaired) electrons. The van der Waals surface area contributed by atoms with Gasteiger partial charge in [-0.1, -0.05) is 43.3 Å². The lowest BCUT2D eigenvalue weighted by Gasteiger charge is -2.26. The molecule has 0 amide bonds. The molecule has 0 fully saturated rings. The number of benzene rings is 2. The second-order valence-corrected chi connectivity index (χ2v) is 5.75. The van der Waals surface area contributed by atoms with Crippen molar-refractivity contribution in [3.63, 3.8) is 0 Å². The van der Waals surface area contributed by atoms with Crippen LogP contribution in [0.25, 0.3) is 0 Å². The van der Waals surface area contributed by atoms with Crippen molar-refractivity contribution in [3.05, 3.63) is 64.1 Å². The summed E-state index contributed by atoms with van der Waals surface area (Å²) in [7, 11) is 0. The minimum atomic E-state index is 0.575. The van der Waals surface area contributed by atoms with E-state index in [0.717, 1.165) is 29.5 Å². The van der Waals surface area contributed by atoms with Gasteiger partial charge in [-0.3, -0.25) is 0 Å². The average Bonchev–Trinajstić information content (AvgIpc) is 2.48. The molecular formula is C17H21BrN2. The smallest absolute Gasteiger partial charge is 0.0513 e. The Labute approximate surface area is 129 Å². The number of hydrogen-bond acceptors (Lipinski definition) is 2. The summed E-state index contributed by atoms with van der Waals surface area (Å²) in [6.07, 6.45) is 1.12. The van der Waals surface area contributed by atoms with Gasteiger partial charge in [0.2, 0.25) is 0 Å². The molecule has 20 heavy (non-hydrogen) atoms. The Bertz CT molecular complexity index is 540. The van der Waals surface area contributed by atoms with Gasteiger partial charge in [-0.15, -0.1) is 0 Å². The van der Waals surface area contributed by atoms with Gasteiger partial charge in [0, 0.05) is 24.1 Å². The first-order valence-electron chi connectivity index (χ1n) is 7.02. The quantitative estimate of drug-likeness (QED) is 0.853. The highest BCUT2D eigenvalue weighted by Gasteiger charge is 2.10. The van der Waals surface area contributed by atoms with Crippen LogP contribution in [0.4, 0.5) is 5.69 Å². The van der Waals surface area contributed by atoms with Crippen molar-refractivity contribution >= 4 is 21.6 Å². The number of rotatable bonds is 6. The van der Waals surface area contributed by atoms with Crippen molar-refractivity contribution in [1.82, 2.24) is 0 Å². The molecule has 2 rings (SSSR count). The van der Waals surface area contributed by atoms with Crippen LogP contribution in [0.3, 0.4) is 0 Å². The summed E-state index contributed by atoms with van der Waals surface area (Å²) in [4.78, 5) is 2.40. The third kappa shape index (κ3) is 3.84. The van der Waals surface area contributed by atoms with E-state index in [1.165, 1.54) is 11.3 Å². The molecule has 0 aromatic heterocycles. The molecule has 2 nitrogen and oxygen atoms in total. The van der Waals surface area contributed by atoms with E-state index >= 15 is 0 Å². The second kappa shape index (κ2) is 7.46. The fraction of sp³-hybridized carbons (Fsp3) is 0.294. The third-order valence-corrected chi connectivity index (χ3v) is 3.93. The molecule has 0 spiro atoms. The largest absolute Gasteiger partial charge is 0.366 e. The molecule has 0 saturated carbocycles. The Morgan fingerprint density at radius 1 is 1.05 bits per heavy atom. The molecule has 2 N–H and O–H groups in total. The lowest BCUT2D eigenvalue weighted by Crippen LogP contribution is -2.23. The van der Waals surface area contributed by atoms with Crippen LogP contribution in [0.1, 0.15) is 24.5 Å². The van der Waals surface area contributed by atoms with Gasteiger partial charge in [0.15, 0.2) is 0 Å². The lowest BCUT2D eigenvalue weighted by atomic mass is 10.1. The van der Waals surface area contributed by atoms with Crippen molar-refractivity contribution in [2.24, 2.45) is 5.73 Å². The molecule has 2 aromatic carbocycles. The van der Waals surface area contributed by atoms with E-state index in [4.69, 9.17) is 5.73 Å². The van der Waals surface area contributed by atoms with E-state index in [1.54, 1.807) is 0 Å².